The minimum atomic E-state index is -0.296. The van der Waals surface area contributed by atoms with Gasteiger partial charge in [0, 0.05) is 45.0 Å². The second kappa shape index (κ2) is 9.15. The second-order valence-corrected chi connectivity index (χ2v) is 7.89. The van der Waals surface area contributed by atoms with Crippen molar-refractivity contribution in [1.29, 1.82) is 0 Å². The van der Waals surface area contributed by atoms with Gasteiger partial charge in [-0.05, 0) is 48.2 Å². The van der Waals surface area contributed by atoms with Gasteiger partial charge in [-0.25, -0.2) is 9.18 Å². The Hall–Kier alpha value is -3.09. The van der Waals surface area contributed by atoms with Crippen LogP contribution in [0.3, 0.4) is 0 Å². The lowest BCUT2D eigenvalue weighted by atomic mass is 10.2. The maximum atomic E-state index is 13.0. The zero-order chi connectivity index (χ0) is 20.9. The highest BCUT2D eigenvalue weighted by Crippen LogP contribution is 2.20. The summed E-state index contributed by atoms with van der Waals surface area (Å²) in [5, 5.41) is 2.90. The summed E-state index contributed by atoms with van der Waals surface area (Å²) in [7, 11) is 0. The molecule has 6 nitrogen and oxygen atoms in total. The molecule has 0 radical (unpaired) electrons. The van der Waals surface area contributed by atoms with Gasteiger partial charge in [0.05, 0.1) is 0 Å². The predicted molar refractivity (Wildman–Crippen MR) is 114 cm³/mol. The van der Waals surface area contributed by atoms with Crippen LogP contribution in [-0.4, -0.2) is 54.5 Å². The van der Waals surface area contributed by atoms with Crippen molar-refractivity contribution in [1.82, 2.24) is 15.1 Å². The van der Waals surface area contributed by atoms with E-state index in [0.717, 1.165) is 24.2 Å². The van der Waals surface area contributed by atoms with E-state index in [9.17, 15) is 14.0 Å². The van der Waals surface area contributed by atoms with Crippen LogP contribution >= 0.6 is 0 Å². The Morgan fingerprint density at radius 3 is 2.20 bits per heavy atom. The zero-order valence-corrected chi connectivity index (χ0v) is 17.0. The van der Waals surface area contributed by atoms with E-state index in [-0.39, 0.29) is 24.3 Å². The summed E-state index contributed by atoms with van der Waals surface area (Å²) in [6.45, 7) is 4.20. The lowest BCUT2D eigenvalue weighted by molar-refractivity contribution is -0.121. The van der Waals surface area contributed by atoms with Gasteiger partial charge in [-0.3, -0.25) is 4.79 Å². The van der Waals surface area contributed by atoms with Crippen molar-refractivity contribution in [2.75, 3.05) is 37.6 Å². The first kappa shape index (κ1) is 20.2. The summed E-state index contributed by atoms with van der Waals surface area (Å²) in [6, 6.07) is 14.2. The number of rotatable bonds is 7. The van der Waals surface area contributed by atoms with Gasteiger partial charge in [0.25, 0.3) is 0 Å². The van der Waals surface area contributed by atoms with Crippen LogP contribution in [0.4, 0.5) is 14.9 Å². The van der Waals surface area contributed by atoms with Crippen LogP contribution in [0.1, 0.15) is 24.0 Å². The normalized spacial score (nSPS) is 16.4. The van der Waals surface area contributed by atoms with Crippen LogP contribution in [0, 0.1) is 5.82 Å². The van der Waals surface area contributed by atoms with E-state index in [1.807, 2.05) is 12.1 Å². The van der Waals surface area contributed by atoms with E-state index in [0.29, 0.717) is 26.2 Å². The SMILES string of the molecule is O=C(CN1CCN(Cc2ccc(F)cc2)C1=O)NCc1ccc(N2CCCC2)cc1. The molecule has 0 spiro atoms. The van der Waals surface area contributed by atoms with Crippen molar-refractivity contribution in [2.24, 2.45) is 0 Å². The Morgan fingerprint density at radius 1 is 0.867 bits per heavy atom. The van der Waals surface area contributed by atoms with Crippen LogP contribution in [-0.2, 0) is 17.9 Å². The number of carbonyl (C=O) groups is 2. The van der Waals surface area contributed by atoms with E-state index in [1.165, 1.54) is 30.7 Å². The Morgan fingerprint density at radius 2 is 1.50 bits per heavy atom. The average molecular weight is 410 g/mol. The fourth-order valence-corrected chi connectivity index (χ4v) is 3.97. The predicted octanol–water partition coefficient (Wildman–Crippen LogP) is 2.98. The summed E-state index contributed by atoms with van der Waals surface area (Å²) in [6.07, 6.45) is 2.49. The highest BCUT2D eigenvalue weighted by Gasteiger charge is 2.29. The van der Waals surface area contributed by atoms with Gasteiger partial charge in [0.2, 0.25) is 5.91 Å². The molecule has 4 rings (SSSR count). The van der Waals surface area contributed by atoms with Crippen LogP contribution < -0.4 is 10.2 Å². The van der Waals surface area contributed by atoms with Crippen LogP contribution in [0.2, 0.25) is 0 Å². The van der Waals surface area contributed by atoms with Gasteiger partial charge in [0.15, 0.2) is 0 Å². The van der Waals surface area contributed by atoms with Crippen molar-refractivity contribution in [2.45, 2.75) is 25.9 Å². The molecule has 0 aliphatic carbocycles. The van der Waals surface area contributed by atoms with Gasteiger partial charge < -0.3 is 20.0 Å². The van der Waals surface area contributed by atoms with Crippen molar-refractivity contribution in [3.63, 3.8) is 0 Å². The summed E-state index contributed by atoms with van der Waals surface area (Å²) in [5.41, 5.74) is 3.14. The number of benzene rings is 2. The highest BCUT2D eigenvalue weighted by molar-refractivity contribution is 5.85. The highest BCUT2D eigenvalue weighted by atomic mass is 19.1. The van der Waals surface area contributed by atoms with Crippen molar-refractivity contribution in [3.05, 3.63) is 65.5 Å². The summed E-state index contributed by atoms with van der Waals surface area (Å²) >= 11 is 0. The van der Waals surface area contributed by atoms with Gasteiger partial charge in [0.1, 0.15) is 12.4 Å². The number of nitrogens with zero attached hydrogens (tertiary/aromatic N) is 3. The molecular formula is C23H27FN4O2. The molecule has 2 fully saturated rings. The van der Waals surface area contributed by atoms with E-state index < -0.39 is 0 Å². The quantitative estimate of drug-likeness (QED) is 0.764. The van der Waals surface area contributed by atoms with Gasteiger partial charge in [-0.2, -0.15) is 0 Å². The number of urea groups is 1. The second-order valence-electron chi connectivity index (χ2n) is 7.89. The minimum Gasteiger partial charge on any atom is -0.372 e. The molecule has 0 bridgehead atoms. The standard InChI is InChI=1S/C23H27FN4O2/c24-20-7-3-19(4-8-20)16-27-13-14-28(23(27)30)17-22(29)25-15-18-5-9-21(10-6-18)26-11-1-2-12-26/h3-10H,1-2,11-17H2,(H,25,29). The number of carbonyl (C=O) groups excluding carboxylic acids is 2. The van der Waals surface area contributed by atoms with Gasteiger partial charge >= 0.3 is 6.03 Å². The minimum absolute atomic E-state index is 0.0462. The molecule has 2 aromatic carbocycles. The summed E-state index contributed by atoms with van der Waals surface area (Å²) < 4.78 is 13.0. The first-order valence-corrected chi connectivity index (χ1v) is 10.5. The molecule has 2 aliphatic heterocycles. The van der Waals surface area contributed by atoms with Gasteiger partial charge in [-0.15, -0.1) is 0 Å². The number of hydrogen-bond donors (Lipinski definition) is 1. The first-order chi connectivity index (χ1) is 14.6. The first-order valence-electron chi connectivity index (χ1n) is 10.5. The molecule has 0 unspecified atom stereocenters. The molecule has 7 heteroatoms. The van der Waals surface area contributed by atoms with Crippen LogP contribution in [0.15, 0.2) is 48.5 Å². The third kappa shape index (κ3) is 4.90. The van der Waals surface area contributed by atoms with Crippen LogP contribution in [0.5, 0.6) is 0 Å². The van der Waals surface area contributed by atoms with E-state index in [4.69, 9.17) is 0 Å². The lowest BCUT2D eigenvalue weighted by Crippen LogP contribution is -2.39. The topological polar surface area (TPSA) is 55.9 Å². The monoisotopic (exact) mass is 410 g/mol. The molecule has 0 saturated carbocycles. The smallest absolute Gasteiger partial charge is 0.320 e. The number of anilines is 1. The van der Waals surface area contributed by atoms with Gasteiger partial charge in [-0.1, -0.05) is 24.3 Å². The molecule has 0 atom stereocenters. The third-order valence-electron chi connectivity index (χ3n) is 5.70. The Balaban J connectivity index is 1.23. The lowest BCUT2D eigenvalue weighted by Gasteiger charge is -2.19. The fourth-order valence-electron chi connectivity index (χ4n) is 3.97. The fraction of sp³-hybridized carbons (Fsp3) is 0.391. The summed E-state index contributed by atoms with van der Waals surface area (Å²) in [5.74, 6) is -0.467. The van der Waals surface area contributed by atoms with Crippen molar-refractivity contribution < 1.29 is 14.0 Å². The van der Waals surface area contributed by atoms with Crippen molar-refractivity contribution >= 4 is 17.6 Å². The molecule has 0 aromatic heterocycles. The molecule has 2 heterocycles. The molecule has 158 valence electrons. The molecule has 2 saturated heterocycles. The zero-order valence-electron chi connectivity index (χ0n) is 17.0. The number of nitrogens with one attached hydrogen (secondary N) is 1. The summed E-state index contributed by atoms with van der Waals surface area (Å²) in [4.78, 5) is 30.5. The third-order valence-corrected chi connectivity index (χ3v) is 5.70. The van der Waals surface area contributed by atoms with Crippen molar-refractivity contribution in [3.8, 4) is 0 Å². The number of halogens is 1. The Labute approximate surface area is 176 Å². The van der Waals surface area contributed by atoms with Crippen LogP contribution in [0.25, 0.3) is 0 Å². The molecule has 1 N–H and O–H groups in total. The van der Waals surface area contributed by atoms with E-state index >= 15 is 0 Å². The van der Waals surface area contributed by atoms with E-state index in [2.05, 4.69) is 22.3 Å². The molecule has 3 amide bonds. The Kier molecular flexibility index (Phi) is 6.16. The number of amides is 3. The molecular weight excluding hydrogens is 383 g/mol. The molecule has 2 aliphatic rings. The van der Waals surface area contributed by atoms with E-state index in [1.54, 1.807) is 21.9 Å². The maximum absolute atomic E-state index is 13.0. The average Bonchev–Trinajstić information content (AvgIpc) is 3.41. The maximum Gasteiger partial charge on any atom is 0.320 e. The molecule has 30 heavy (non-hydrogen) atoms. The largest absolute Gasteiger partial charge is 0.372 e. The Bertz CT molecular complexity index is 879. The molecule has 2 aromatic rings. The number of hydrogen-bond acceptors (Lipinski definition) is 3.